The van der Waals surface area contributed by atoms with Crippen LogP contribution < -0.4 is 0 Å². The van der Waals surface area contributed by atoms with E-state index in [0.717, 1.165) is 10.7 Å². The summed E-state index contributed by atoms with van der Waals surface area (Å²) in [6.07, 6.45) is 0. The third-order valence-electron chi connectivity index (χ3n) is 4.12. The first kappa shape index (κ1) is 17.4. The second kappa shape index (κ2) is 6.61. The van der Waals surface area contributed by atoms with Crippen molar-refractivity contribution in [2.75, 3.05) is 6.54 Å². The molecule has 0 bridgehead atoms. The van der Waals surface area contributed by atoms with Gasteiger partial charge in [-0.2, -0.15) is 0 Å². The van der Waals surface area contributed by atoms with E-state index >= 15 is 0 Å². The van der Waals surface area contributed by atoms with Crippen molar-refractivity contribution in [2.45, 2.75) is 20.0 Å². The van der Waals surface area contributed by atoms with Crippen molar-refractivity contribution in [3.8, 4) is 10.8 Å². The molecule has 1 aliphatic heterocycles. The molecule has 10 heteroatoms. The lowest BCUT2D eigenvalue weighted by Crippen LogP contribution is -2.38. The second-order valence-electron chi connectivity index (χ2n) is 5.84. The van der Waals surface area contributed by atoms with Crippen LogP contribution in [0.3, 0.4) is 0 Å². The Hall–Kier alpha value is -2.03. The van der Waals surface area contributed by atoms with Crippen LogP contribution in [0.15, 0.2) is 17.5 Å². The summed E-state index contributed by atoms with van der Waals surface area (Å²) < 4.78 is 15.8. The molecular weight excluding hydrogens is 400 g/mol. The first-order chi connectivity index (χ1) is 12.5. The zero-order valence-corrected chi connectivity index (χ0v) is 15.9. The lowest BCUT2D eigenvalue weighted by Gasteiger charge is -2.28. The molecular formula is C16H12Cl2FN5OS. The van der Waals surface area contributed by atoms with E-state index in [1.165, 1.54) is 23.5 Å². The maximum atomic E-state index is 13.9. The molecule has 0 aliphatic carbocycles. The summed E-state index contributed by atoms with van der Waals surface area (Å²) in [5.74, 6) is 0.186. The highest BCUT2D eigenvalue weighted by Gasteiger charge is 2.28. The maximum absolute atomic E-state index is 13.9. The standard InChI is InChI=1S/C16H12Cl2FN5OS/c1-8-7-26-15(20-8)14-22-21-11-6-23(4-5-24(11)14)16(25)9-2-3-10(17)13(19)12(9)18/h2-3,7H,4-6H2,1H3. The molecule has 0 N–H and O–H groups in total. The Morgan fingerprint density at radius 1 is 1.27 bits per heavy atom. The minimum atomic E-state index is -0.791. The Balaban J connectivity index is 1.61. The molecule has 2 aromatic heterocycles. The van der Waals surface area contributed by atoms with Crippen LogP contribution >= 0.6 is 34.5 Å². The molecule has 1 amide bonds. The van der Waals surface area contributed by atoms with Gasteiger partial charge in [0.2, 0.25) is 0 Å². The van der Waals surface area contributed by atoms with Crippen molar-refractivity contribution < 1.29 is 9.18 Å². The van der Waals surface area contributed by atoms with Crippen molar-refractivity contribution in [3.63, 3.8) is 0 Å². The first-order valence-corrected chi connectivity index (χ1v) is 9.36. The fourth-order valence-corrected chi connectivity index (χ4v) is 4.05. The van der Waals surface area contributed by atoms with Crippen LogP contribution in [0.4, 0.5) is 4.39 Å². The topological polar surface area (TPSA) is 63.9 Å². The van der Waals surface area contributed by atoms with Crippen LogP contribution in [-0.4, -0.2) is 37.1 Å². The van der Waals surface area contributed by atoms with Crippen molar-refractivity contribution in [1.82, 2.24) is 24.6 Å². The molecule has 0 unspecified atom stereocenters. The van der Waals surface area contributed by atoms with Crippen molar-refractivity contribution >= 4 is 40.4 Å². The normalized spacial score (nSPS) is 13.8. The van der Waals surface area contributed by atoms with E-state index in [9.17, 15) is 9.18 Å². The molecule has 1 aliphatic rings. The summed E-state index contributed by atoms with van der Waals surface area (Å²) in [4.78, 5) is 18.7. The summed E-state index contributed by atoms with van der Waals surface area (Å²) in [6, 6.07) is 2.75. The van der Waals surface area contributed by atoms with E-state index < -0.39 is 5.82 Å². The molecule has 0 saturated carbocycles. The van der Waals surface area contributed by atoms with Gasteiger partial charge < -0.3 is 9.47 Å². The van der Waals surface area contributed by atoms with Crippen molar-refractivity contribution in [3.05, 3.63) is 50.5 Å². The zero-order chi connectivity index (χ0) is 18.4. The highest BCUT2D eigenvalue weighted by Crippen LogP contribution is 2.29. The first-order valence-electron chi connectivity index (χ1n) is 7.73. The SMILES string of the molecule is Cc1csc(-c2nnc3n2CCN(C(=O)c2ccc(Cl)c(F)c2Cl)C3)n1. The van der Waals surface area contributed by atoms with E-state index in [4.69, 9.17) is 23.2 Å². The fraction of sp³-hybridized carbons (Fsp3) is 0.250. The molecule has 134 valence electrons. The Morgan fingerprint density at radius 3 is 2.81 bits per heavy atom. The van der Waals surface area contributed by atoms with Gasteiger partial charge in [-0.05, 0) is 19.1 Å². The van der Waals surface area contributed by atoms with Gasteiger partial charge in [0.1, 0.15) is 0 Å². The quantitative estimate of drug-likeness (QED) is 0.601. The number of rotatable bonds is 2. The average molecular weight is 412 g/mol. The Labute approximate surface area is 162 Å². The van der Waals surface area contributed by atoms with Crippen molar-refractivity contribution in [1.29, 1.82) is 0 Å². The Bertz CT molecular complexity index is 1020. The lowest BCUT2D eigenvalue weighted by atomic mass is 10.1. The predicted molar refractivity (Wildman–Crippen MR) is 97.0 cm³/mol. The minimum Gasteiger partial charge on any atom is -0.329 e. The summed E-state index contributed by atoms with van der Waals surface area (Å²) in [5.41, 5.74) is 1.01. The predicted octanol–water partition coefficient (Wildman–Crippen LogP) is 3.81. The molecule has 4 rings (SSSR count). The number of amides is 1. The monoisotopic (exact) mass is 411 g/mol. The van der Waals surface area contributed by atoms with Crippen LogP contribution in [0, 0.1) is 12.7 Å². The number of carbonyl (C=O) groups is 1. The van der Waals surface area contributed by atoms with Crippen molar-refractivity contribution in [2.24, 2.45) is 0 Å². The number of thiazole rings is 1. The van der Waals surface area contributed by atoms with E-state index in [-0.39, 0.29) is 28.1 Å². The summed E-state index contributed by atoms with van der Waals surface area (Å²) in [5, 5.41) is 10.8. The number of nitrogens with zero attached hydrogens (tertiary/aromatic N) is 5. The number of aromatic nitrogens is 4. The lowest BCUT2D eigenvalue weighted by molar-refractivity contribution is 0.0707. The third kappa shape index (κ3) is 2.87. The summed E-state index contributed by atoms with van der Waals surface area (Å²) in [7, 11) is 0. The van der Waals surface area contributed by atoms with Crippen LogP contribution in [0.2, 0.25) is 10.0 Å². The number of hydrogen-bond acceptors (Lipinski definition) is 5. The van der Waals surface area contributed by atoms with Crippen LogP contribution in [0.5, 0.6) is 0 Å². The fourth-order valence-electron chi connectivity index (χ4n) is 2.81. The van der Waals surface area contributed by atoms with Crippen LogP contribution in [0.1, 0.15) is 21.9 Å². The number of carbonyl (C=O) groups excluding carboxylic acids is 1. The van der Waals surface area contributed by atoms with E-state index in [2.05, 4.69) is 15.2 Å². The third-order valence-corrected chi connectivity index (χ3v) is 5.73. The Kier molecular flexibility index (Phi) is 4.42. The molecule has 0 atom stereocenters. The summed E-state index contributed by atoms with van der Waals surface area (Å²) >= 11 is 13.1. The zero-order valence-electron chi connectivity index (χ0n) is 13.5. The molecule has 3 aromatic rings. The molecule has 26 heavy (non-hydrogen) atoms. The average Bonchev–Trinajstić information content (AvgIpc) is 3.24. The van der Waals surface area contributed by atoms with Gasteiger partial charge >= 0.3 is 0 Å². The number of hydrogen-bond donors (Lipinski definition) is 0. The molecule has 0 radical (unpaired) electrons. The van der Waals surface area contributed by atoms with E-state index in [1.54, 1.807) is 4.90 Å². The Morgan fingerprint density at radius 2 is 2.08 bits per heavy atom. The maximum Gasteiger partial charge on any atom is 0.255 e. The number of benzene rings is 1. The van der Waals surface area contributed by atoms with Gasteiger partial charge in [-0.25, -0.2) is 9.37 Å². The van der Waals surface area contributed by atoms with E-state index in [0.29, 0.717) is 24.7 Å². The minimum absolute atomic E-state index is 0.0808. The molecule has 1 aromatic carbocycles. The van der Waals surface area contributed by atoms with Crippen LogP contribution in [-0.2, 0) is 13.1 Å². The number of halogens is 3. The smallest absolute Gasteiger partial charge is 0.255 e. The molecule has 0 spiro atoms. The second-order valence-corrected chi connectivity index (χ2v) is 7.48. The molecule has 0 fully saturated rings. The molecule has 6 nitrogen and oxygen atoms in total. The highest BCUT2D eigenvalue weighted by molar-refractivity contribution is 7.13. The van der Waals surface area contributed by atoms with Gasteiger partial charge in [0.15, 0.2) is 22.5 Å². The molecule has 0 saturated heterocycles. The van der Waals surface area contributed by atoms with Gasteiger partial charge in [0.05, 0.1) is 22.2 Å². The van der Waals surface area contributed by atoms with E-state index in [1.807, 2.05) is 16.9 Å². The van der Waals surface area contributed by atoms with Gasteiger partial charge in [-0.1, -0.05) is 23.2 Å². The van der Waals surface area contributed by atoms with Gasteiger partial charge in [0.25, 0.3) is 5.91 Å². The number of aryl methyl sites for hydroxylation is 1. The molecule has 3 heterocycles. The van der Waals surface area contributed by atoms with Crippen LogP contribution in [0.25, 0.3) is 10.8 Å². The largest absolute Gasteiger partial charge is 0.329 e. The van der Waals surface area contributed by atoms with Gasteiger partial charge in [-0.3, -0.25) is 4.79 Å². The highest BCUT2D eigenvalue weighted by atomic mass is 35.5. The number of fused-ring (bicyclic) bond motifs is 1. The van der Waals surface area contributed by atoms with Gasteiger partial charge in [0, 0.05) is 24.2 Å². The van der Waals surface area contributed by atoms with Gasteiger partial charge in [-0.15, -0.1) is 21.5 Å². The summed E-state index contributed by atoms with van der Waals surface area (Å²) in [6.45, 7) is 3.14.